The van der Waals surface area contributed by atoms with E-state index in [1.807, 2.05) is 6.07 Å². The van der Waals surface area contributed by atoms with Crippen LogP contribution in [0.5, 0.6) is 0 Å². The molecule has 1 aromatic rings. The zero-order valence-corrected chi connectivity index (χ0v) is 15.3. The summed E-state index contributed by atoms with van der Waals surface area (Å²) in [6.45, 7) is 4.15. The normalized spacial score (nSPS) is 14.3. The number of piperazine rings is 1. The van der Waals surface area contributed by atoms with E-state index in [1.54, 1.807) is 4.90 Å². The lowest BCUT2D eigenvalue weighted by Crippen LogP contribution is -2.51. The minimum Gasteiger partial charge on any atom is -0.346 e. The SMILES string of the molecule is Cl.Cl.NCC(=O)NCC(=O)N1CCN(CCc2ccccc2)CC1. The highest BCUT2D eigenvalue weighted by molar-refractivity contribution is 5.86. The lowest BCUT2D eigenvalue weighted by molar-refractivity contribution is -0.134. The van der Waals surface area contributed by atoms with E-state index in [0.717, 1.165) is 26.1 Å². The summed E-state index contributed by atoms with van der Waals surface area (Å²) >= 11 is 0. The van der Waals surface area contributed by atoms with E-state index < -0.39 is 0 Å². The third-order valence-electron chi connectivity index (χ3n) is 3.91. The van der Waals surface area contributed by atoms with Crippen LogP contribution in [-0.2, 0) is 16.0 Å². The number of carbonyl (C=O) groups excluding carboxylic acids is 2. The number of hydrogen-bond acceptors (Lipinski definition) is 4. The van der Waals surface area contributed by atoms with E-state index in [0.29, 0.717) is 13.1 Å². The Labute approximate surface area is 155 Å². The highest BCUT2D eigenvalue weighted by atomic mass is 35.5. The van der Waals surface area contributed by atoms with Gasteiger partial charge >= 0.3 is 0 Å². The molecule has 0 aliphatic carbocycles. The van der Waals surface area contributed by atoms with Crippen molar-refractivity contribution in [2.24, 2.45) is 5.73 Å². The quantitative estimate of drug-likeness (QED) is 0.747. The molecule has 1 saturated heterocycles. The van der Waals surface area contributed by atoms with Crippen LogP contribution in [0.15, 0.2) is 30.3 Å². The zero-order chi connectivity index (χ0) is 15.8. The number of nitrogens with zero attached hydrogens (tertiary/aromatic N) is 2. The Morgan fingerprint density at radius 3 is 2.25 bits per heavy atom. The number of nitrogens with two attached hydrogens (primary N) is 1. The van der Waals surface area contributed by atoms with Gasteiger partial charge in [-0.25, -0.2) is 0 Å². The molecule has 1 heterocycles. The Morgan fingerprint density at radius 2 is 1.67 bits per heavy atom. The largest absolute Gasteiger partial charge is 0.346 e. The smallest absolute Gasteiger partial charge is 0.242 e. The molecule has 0 aromatic heterocycles. The predicted octanol–water partition coefficient (Wildman–Crippen LogP) is 0.292. The van der Waals surface area contributed by atoms with Crippen LogP contribution in [0.3, 0.4) is 0 Å². The molecular formula is C16H26Cl2N4O2. The maximum Gasteiger partial charge on any atom is 0.242 e. The monoisotopic (exact) mass is 376 g/mol. The van der Waals surface area contributed by atoms with E-state index in [2.05, 4.69) is 34.5 Å². The minimum atomic E-state index is -0.296. The molecule has 2 amide bonds. The van der Waals surface area contributed by atoms with Crippen LogP contribution in [0, 0.1) is 0 Å². The molecule has 1 aliphatic heterocycles. The fourth-order valence-electron chi connectivity index (χ4n) is 2.51. The molecule has 3 N–H and O–H groups in total. The molecule has 1 aliphatic rings. The average Bonchev–Trinajstić information content (AvgIpc) is 2.59. The Bertz CT molecular complexity index is 494. The topological polar surface area (TPSA) is 78.7 Å². The molecule has 24 heavy (non-hydrogen) atoms. The molecule has 1 aromatic carbocycles. The Hall–Kier alpha value is -1.34. The molecule has 0 atom stereocenters. The lowest BCUT2D eigenvalue weighted by atomic mass is 10.1. The van der Waals surface area contributed by atoms with Gasteiger partial charge in [-0.3, -0.25) is 14.5 Å². The standard InChI is InChI=1S/C16H24N4O2.2ClH/c17-12-15(21)18-13-16(22)20-10-8-19(9-11-20)7-6-14-4-2-1-3-5-14;;/h1-5H,6-13,17H2,(H,18,21);2*1H. The summed E-state index contributed by atoms with van der Waals surface area (Å²) in [5.74, 6) is -0.334. The van der Waals surface area contributed by atoms with Gasteiger partial charge in [0.05, 0.1) is 13.1 Å². The third kappa shape index (κ3) is 7.49. The van der Waals surface area contributed by atoms with Gasteiger partial charge in [-0.1, -0.05) is 30.3 Å². The van der Waals surface area contributed by atoms with Crippen molar-refractivity contribution in [2.75, 3.05) is 45.8 Å². The Balaban J connectivity index is 0.00000264. The van der Waals surface area contributed by atoms with Crippen LogP contribution in [0.2, 0.25) is 0 Å². The fraction of sp³-hybridized carbons (Fsp3) is 0.500. The van der Waals surface area contributed by atoms with Crippen LogP contribution in [-0.4, -0.2) is 67.4 Å². The van der Waals surface area contributed by atoms with Crippen LogP contribution < -0.4 is 11.1 Å². The van der Waals surface area contributed by atoms with Crippen molar-refractivity contribution in [3.05, 3.63) is 35.9 Å². The lowest BCUT2D eigenvalue weighted by Gasteiger charge is -2.34. The first-order valence-corrected chi connectivity index (χ1v) is 7.70. The van der Waals surface area contributed by atoms with Crippen molar-refractivity contribution in [2.45, 2.75) is 6.42 Å². The van der Waals surface area contributed by atoms with Gasteiger partial charge in [-0.05, 0) is 12.0 Å². The van der Waals surface area contributed by atoms with Gasteiger partial charge < -0.3 is 16.0 Å². The van der Waals surface area contributed by atoms with E-state index in [9.17, 15) is 9.59 Å². The third-order valence-corrected chi connectivity index (χ3v) is 3.91. The number of halogens is 2. The Kier molecular flexibility index (Phi) is 11.4. The van der Waals surface area contributed by atoms with Gasteiger partial charge in [-0.2, -0.15) is 0 Å². The summed E-state index contributed by atoms with van der Waals surface area (Å²) in [7, 11) is 0. The number of benzene rings is 1. The van der Waals surface area contributed by atoms with Crippen molar-refractivity contribution in [1.82, 2.24) is 15.1 Å². The molecule has 8 heteroatoms. The Morgan fingerprint density at radius 1 is 1.04 bits per heavy atom. The van der Waals surface area contributed by atoms with E-state index >= 15 is 0 Å². The zero-order valence-electron chi connectivity index (χ0n) is 13.6. The summed E-state index contributed by atoms with van der Waals surface area (Å²) in [6.07, 6.45) is 1.03. The second kappa shape index (κ2) is 12.1. The van der Waals surface area contributed by atoms with Gasteiger partial charge in [0.2, 0.25) is 11.8 Å². The highest BCUT2D eigenvalue weighted by Crippen LogP contribution is 2.05. The van der Waals surface area contributed by atoms with Gasteiger partial charge in [0.25, 0.3) is 0 Å². The molecule has 1 fully saturated rings. The van der Waals surface area contributed by atoms with E-state index in [1.165, 1.54) is 5.56 Å². The molecule has 0 unspecified atom stereocenters. The first-order valence-electron chi connectivity index (χ1n) is 7.70. The fourth-order valence-corrected chi connectivity index (χ4v) is 2.51. The minimum absolute atomic E-state index is 0. The van der Waals surface area contributed by atoms with Crippen molar-refractivity contribution < 1.29 is 9.59 Å². The summed E-state index contributed by atoms with van der Waals surface area (Å²) in [6, 6.07) is 10.4. The van der Waals surface area contributed by atoms with Gasteiger partial charge in [0.1, 0.15) is 0 Å². The summed E-state index contributed by atoms with van der Waals surface area (Å²) < 4.78 is 0. The number of nitrogens with one attached hydrogen (secondary N) is 1. The number of carbonyl (C=O) groups is 2. The number of rotatable bonds is 6. The van der Waals surface area contributed by atoms with Crippen LogP contribution in [0.1, 0.15) is 5.56 Å². The van der Waals surface area contributed by atoms with Gasteiger partial charge in [0.15, 0.2) is 0 Å². The maximum atomic E-state index is 12.0. The second-order valence-corrected chi connectivity index (χ2v) is 5.44. The molecule has 2 rings (SSSR count). The first kappa shape index (κ1) is 22.7. The van der Waals surface area contributed by atoms with E-state index in [4.69, 9.17) is 5.73 Å². The number of amides is 2. The van der Waals surface area contributed by atoms with Gasteiger partial charge in [0, 0.05) is 32.7 Å². The molecular weight excluding hydrogens is 351 g/mol. The summed E-state index contributed by atoms with van der Waals surface area (Å²) in [4.78, 5) is 27.2. The molecule has 0 bridgehead atoms. The highest BCUT2D eigenvalue weighted by Gasteiger charge is 2.20. The van der Waals surface area contributed by atoms with Crippen LogP contribution >= 0.6 is 24.8 Å². The molecule has 6 nitrogen and oxygen atoms in total. The predicted molar refractivity (Wildman–Crippen MR) is 99.7 cm³/mol. The van der Waals surface area contributed by atoms with Crippen LogP contribution in [0.25, 0.3) is 0 Å². The number of hydrogen-bond donors (Lipinski definition) is 2. The van der Waals surface area contributed by atoms with Crippen molar-refractivity contribution >= 4 is 36.6 Å². The van der Waals surface area contributed by atoms with E-state index in [-0.39, 0.29) is 49.7 Å². The molecule has 0 spiro atoms. The molecule has 0 saturated carbocycles. The van der Waals surface area contributed by atoms with Gasteiger partial charge in [-0.15, -0.1) is 24.8 Å². The second-order valence-electron chi connectivity index (χ2n) is 5.44. The van der Waals surface area contributed by atoms with Crippen molar-refractivity contribution in [3.63, 3.8) is 0 Å². The average molecular weight is 377 g/mol. The summed E-state index contributed by atoms with van der Waals surface area (Å²) in [5, 5.41) is 2.52. The van der Waals surface area contributed by atoms with Crippen molar-refractivity contribution in [1.29, 1.82) is 0 Å². The van der Waals surface area contributed by atoms with Crippen LogP contribution in [0.4, 0.5) is 0 Å². The molecule has 136 valence electrons. The first-order chi connectivity index (χ1) is 10.7. The van der Waals surface area contributed by atoms with Crippen molar-refractivity contribution in [3.8, 4) is 0 Å². The molecule has 0 radical (unpaired) electrons. The maximum absolute atomic E-state index is 12.0. The summed E-state index contributed by atoms with van der Waals surface area (Å²) in [5.41, 5.74) is 6.53.